The van der Waals surface area contributed by atoms with Crippen molar-refractivity contribution >= 4 is 43.6 Å². The highest BCUT2D eigenvalue weighted by Crippen LogP contribution is 2.25. The predicted octanol–water partition coefficient (Wildman–Crippen LogP) is 3.70. The molecule has 7 heteroatoms. The van der Waals surface area contributed by atoms with Crippen LogP contribution in [0.3, 0.4) is 0 Å². The normalized spacial score (nSPS) is 13.8. The summed E-state index contributed by atoms with van der Waals surface area (Å²) < 4.78 is 23.5. The van der Waals surface area contributed by atoms with E-state index in [4.69, 9.17) is 5.14 Å². The largest absolute Gasteiger partial charge is 0.322 e. The second-order valence-corrected chi connectivity index (χ2v) is 8.26. The third kappa shape index (κ3) is 4.18. The molecule has 0 atom stereocenters. The Kier molecular flexibility index (Phi) is 5.08. The summed E-state index contributed by atoms with van der Waals surface area (Å²) in [7, 11) is -3.87. The van der Waals surface area contributed by atoms with Gasteiger partial charge in [-0.25, -0.2) is 13.6 Å². The SMILES string of the molecule is NS(=O)(=O)c1ccc(Br)c(C(=O)Nc2ccc3c(c2)C=CCCC3)c1. The number of anilines is 1. The topological polar surface area (TPSA) is 89.3 Å². The van der Waals surface area contributed by atoms with Crippen LogP contribution in [0, 0.1) is 0 Å². The van der Waals surface area contributed by atoms with E-state index in [1.54, 1.807) is 0 Å². The molecule has 0 saturated heterocycles. The molecule has 25 heavy (non-hydrogen) atoms. The van der Waals surface area contributed by atoms with Crippen molar-refractivity contribution < 1.29 is 13.2 Å². The van der Waals surface area contributed by atoms with Crippen molar-refractivity contribution in [3.8, 4) is 0 Å². The summed E-state index contributed by atoms with van der Waals surface area (Å²) in [4.78, 5) is 12.4. The van der Waals surface area contributed by atoms with Gasteiger partial charge in [-0.2, -0.15) is 0 Å². The van der Waals surface area contributed by atoms with Crippen molar-refractivity contribution in [2.45, 2.75) is 24.2 Å². The van der Waals surface area contributed by atoms with E-state index >= 15 is 0 Å². The van der Waals surface area contributed by atoms with E-state index in [0.717, 1.165) is 24.8 Å². The summed E-state index contributed by atoms with van der Waals surface area (Å²) in [6.45, 7) is 0. The van der Waals surface area contributed by atoms with Gasteiger partial charge in [0.15, 0.2) is 0 Å². The van der Waals surface area contributed by atoms with Crippen molar-refractivity contribution in [1.82, 2.24) is 0 Å². The van der Waals surface area contributed by atoms with Crippen molar-refractivity contribution in [1.29, 1.82) is 0 Å². The number of sulfonamides is 1. The number of nitrogens with two attached hydrogens (primary N) is 1. The molecule has 1 amide bonds. The van der Waals surface area contributed by atoms with Gasteiger partial charge in [-0.05, 0) is 76.7 Å². The van der Waals surface area contributed by atoms with Crippen LogP contribution in [-0.4, -0.2) is 14.3 Å². The summed E-state index contributed by atoms with van der Waals surface area (Å²) >= 11 is 3.27. The number of carbonyl (C=O) groups is 1. The zero-order valence-electron chi connectivity index (χ0n) is 13.3. The number of nitrogens with one attached hydrogen (secondary N) is 1. The monoisotopic (exact) mass is 420 g/mol. The van der Waals surface area contributed by atoms with Crippen LogP contribution in [0.2, 0.25) is 0 Å². The van der Waals surface area contributed by atoms with Crippen LogP contribution in [0.15, 0.2) is 51.8 Å². The maximum atomic E-state index is 12.6. The highest BCUT2D eigenvalue weighted by atomic mass is 79.9. The predicted molar refractivity (Wildman–Crippen MR) is 102 cm³/mol. The van der Waals surface area contributed by atoms with Gasteiger partial charge in [-0.1, -0.05) is 18.2 Å². The third-order valence-electron chi connectivity index (χ3n) is 4.03. The van der Waals surface area contributed by atoms with Crippen molar-refractivity contribution in [3.63, 3.8) is 0 Å². The smallest absolute Gasteiger partial charge is 0.256 e. The average Bonchev–Trinajstić information content (AvgIpc) is 2.79. The van der Waals surface area contributed by atoms with Gasteiger partial charge in [0.2, 0.25) is 10.0 Å². The molecule has 0 bridgehead atoms. The van der Waals surface area contributed by atoms with Crippen LogP contribution in [0.1, 0.15) is 34.3 Å². The minimum Gasteiger partial charge on any atom is -0.322 e. The number of primary sulfonamides is 1. The number of fused-ring (bicyclic) bond motifs is 1. The van der Waals surface area contributed by atoms with Gasteiger partial charge in [-0.15, -0.1) is 0 Å². The number of benzene rings is 2. The first-order valence-electron chi connectivity index (χ1n) is 7.78. The van der Waals surface area contributed by atoms with E-state index in [1.165, 1.54) is 23.8 Å². The zero-order chi connectivity index (χ0) is 18.0. The van der Waals surface area contributed by atoms with E-state index in [2.05, 4.69) is 33.4 Å². The summed E-state index contributed by atoms with van der Waals surface area (Å²) in [5.74, 6) is -0.407. The van der Waals surface area contributed by atoms with Crippen LogP contribution < -0.4 is 10.5 Å². The molecule has 0 saturated carbocycles. The van der Waals surface area contributed by atoms with Gasteiger partial charge in [0.25, 0.3) is 5.91 Å². The number of hydrogen-bond acceptors (Lipinski definition) is 3. The standard InChI is InChI=1S/C18H17BrN2O3S/c19-17-9-8-15(25(20,23)24)11-16(17)18(22)21-14-7-6-12-4-2-1-3-5-13(12)10-14/h3,5-11H,1-2,4H2,(H,21,22)(H2,20,23,24). The van der Waals surface area contributed by atoms with Crippen molar-refractivity contribution in [2.24, 2.45) is 5.14 Å². The molecule has 2 aromatic rings. The quantitative estimate of drug-likeness (QED) is 0.792. The molecule has 0 spiro atoms. The van der Waals surface area contributed by atoms with Gasteiger partial charge in [0.05, 0.1) is 10.5 Å². The molecule has 5 nitrogen and oxygen atoms in total. The molecule has 0 aliphatic heterocycles. The van der Waals surface area contributed by atoms with E-state index < -0.39 is 15.9 Å². The van der Waals surface area contributed by atoms with Gasteiger partial charge in [0.1, 0.15) is 0 Å². The molecule has 3 N–H and O–H groups in total. The van der Waals surface area contributed by atoms with Crippen molar-refractivity contribution in [2.75, 3.05) is 5.32 Å². The maximum Gasteiger partial charge on any atom is 0.256 e. The number of hydrogen-bond donors (Lipinski definition) is 2. The fourth-order valence-corrected chi connectivity index (χ4v) is 3.70. The number of halogens is 1. The summed E-state index contributed by atoms with van der Waals surface area (Å²) in [6.07, 6.45) is 7.36. The Morgan fingerprint density at radius 2 is 1.96 bits per heavy atom. The average molecular weight is 421 g/mol. The maximum absolute atomic E-state index is 12.6. The first-order chi connectivity index (χ1) is 11.8. The Balaban J connectivity index is 1.89. The molecule has 0 aromatic heterocycles. The number of carbonyl (C=O) groups excluding carboxylic acids is 1. The molecule has 1 aliphatic carbocycles. The number of rotatable bonds is 3. The number of amides is 1. The van der Waals surface area contributed by atoms with Crippen LogP contribution in [0.25, 0.3) is 6.08 Å². The molecule has 0 heterocycles. The molecular weight excluding hydrogens is 404 g/mol. The van der Waals surface area contributed by atoms with Crippen LogP contribution >= 0.6 is 15.9 Å². The van der Waals surface area contributed by atoms with Crippen LogP contribution in [0.5, 0.6) is 0 Å². The summed E-state index contributed by atoms with van der Waals surface area (Å²) in [5.41, 5.74) is 3.21. The van der Waals surface area contributed by atoms with Crippen LogP contribution in [-0.2, 0) is 16.4 Å². The van der Waals surface area contributed by atoms with Crippen molar-refractivity contribution in [3.05, 3.63) is 63.6 Å². The molecular formula is C18H17BrN2O3S. The first-order valence-corrected chi connectivity index (χ1v) is 10.1. The van der Waals surface area contributed by atoms with Gasteiger partial charge in [-0.3, -0.25) is 4.79 Å². The number of aryl methyl sites for hydroxylation is 1. The summed E-state index contributed by atoms with van der Waals surface area (Å²) in [6, 6.07) is 9.89. The summed E-state index contributed by atoms with van der Waals surface area (Å²) in [5, 5.41) is 7.95. The fourth-order valence-electron chi connectivity index (χ4n) is 2.73. The first kappa shape index (κ1) is 17.8. The van der Waals surface area contributed by atoms with Gasteiger partial charge in [0, 0.05) is 10.2 Å². The van der Waals surface area contributed by atoms with E-state index in [9.17, 15) is 13.2 Å². The Hall–Kier alpha value is -1.96. The Morgan fingerprint density at radius 3 is 2.72 bits per heavy atom. The van der Waals surface area contributed by atoms with E-state index in [-0.39, 0.29) is 10.5 Å². The molecule has 0 radical (unpaired) electrons. The molecule has 2 aromatic carbocycles. The lowest BCUT2D eigenvalue weighted by Crippen LogP contribution is -2.16. The zero-order valence-corrected chi connectivity index (χ0v) is 15.7. The lowest BCUT2D eigenvalue weighted by atomic mass is 10.0. The minimum atomic E-state index is -3.87. The Bertz CT molecular complexity index is 968. The Morgan fingerprint density at radius 1 is 1.16 bits per heavy atom. The third-order valence-corrected chi connectivity index (χ3v) is 5.63. The van der Waals surface area contributed by atoms with Gasteiger partial charge >= 0.3 is 0 Å². The second-order valence-electron chi connectivity index (χ2n) is 5.85. The molecule has 0 fully saturated rings. The minimum absolute atomic E-state index is 0.106. The molecule has 3 rings (SSSR count). The fraction of sp³-hybridized carbons (Fsp3) is 0.167. The lowest BCUT2D eigenvalue weighted by Gasteiger charge is -2.11. The highest BCUT2D eigenvalue weighted by Gasteiger charge is 2.16. The second kappa shape index (κ2) is 7.11. The highest BCUT2D eigenvalue weighted by molar-refractivity contribution is 9.10. The molecule has 1 aliphatic rings. The van der Waals surface area contributed by atoms with Crippen LogP contribution in [0.4, 0.5) is 5.69 Å². The Labute approximate surface area is 155 Å². The molecule has 0 unspecified atom stereocenters. The van der Waals surface area contributed by atoms with E-state index in [0.29, 0.717) is 10.2 Å². The lowest BCUT2D eigenvalue weighted by molar-refractivity contribution is 0.102. The molecule has 130 valence electrons. The van der Waals surface area contributed by atoms with Gasteiger partial charge < -0.3 is 5.32 Å². The number of allylic oxidation sites excluding steroid dienone is 1. The van der Waals surface area contributed by atoms with E-state index in [1.807, 2.05) is 18.2 Å².